The van der Waals surface area contributed by atoms with E-state index in [1.54, 1.807) is 0 Å². The molecule has 1 aromatic rings. The fourth-order valence-corrected chi connectivity index (χ4v) is 4.16. The number of fused-ring (bicyclic) bond motifs is 1. The molecule has 1 unspecified atom stereocenters. The highest BCUT2D eigenvalue weighted by molar-refractivity contribution is 7.14. The summed E-state index contributed by atoms with van der Waals surface area (Å²) in [6.45, 7) is 9.33. The first-order chi connectivity index (χ1) is 10.0. The highest BCUT2D eigenvalue weighted by Crippen LogP contribution is 2.37. The third-order valence-electron chi connectivity index (χ3n) is 3.83. The molecule has 0 saturated carbocycles. The summed E-state index contributed by atoms with van der Waals surface area (Å²) in [7, 11) is 0. The minimum absolute atomic E-state index is 0.400. The monoisotopic (exact) mass is 325 g/mol. The average Bonchev–Trinajstić information content (AvgIpc) is 2.62. The first-order valence-corrected chi connectivity index (χ1v) is 8.18. The normalized spacial score (nSPS) is 21.1. The van der Waals surface area contributed by atoms with Gasteiger partial charge in [-0.25, -0.2) is 9.59 Å². The van der Waals surface area contributed by atoms with E-state index in [2.05, 4.69) is 5.32 Å². The molecule has 6 heteroatoms. The van der Waals surface area contributed by atoms with E-state index < -0.39 is 23.2 Å². The van der Waals surface area contributed by atoms with Crippen molar-refractivity contribution in [2.24, 2.45) is 0 Å². The average molecular weight is 325 g/mol. The Bertz CT molecular complexity index is 614. The van der Waals surface area contributed by atoms with Crippen LogP contribution in [0.4, 0.5) is 4.79 Å². The molecule has 1 aromatic heterocycles. The molecule has 122 valence electrons. The highest BCUT2D eigenvalue weighted by atomic mass is 32.1. The van der Waals surface area contributed by atoms with Gasteiger partial charge in [0.2, 0.25) is 0 Å². The number of alkyl carbamates (subject to hydrolysis) is 1. The quantitative estimate of drug-likeness (QED) is 0.872. The minimum Gasteiger partial charge on any atom is -0.477 e. The first-order valence-electron chi connectivity index (χ1n) is 7.36. The Balaban J connectivity index is 2.15. The number of amides is 1. The third kappa shape index (κ3) is 3.61. The Labute approximate surface area is 134 Å². The van der Waals surface area contributed by atoms with Crippen molar-refractivity contribution in [2.75, 3.05) is 0 Å². The molecule has 0 aliphatic heterocycles. The lowest BCUT2D eigenvalue weighted by Crippen LogP contribution is -2.51. The number of carboxylic acids is 1. The molecule has 2 rings (SSSR count). The zero-order valence-electron chi connectivity index (χ0n) is 13.7. The van der Waals surface area contributed by atoms with Crippen molar-refractivity contribution in [2.45, 2.75) is 65.0 Å². The summed E-state index contributed by atoms with van der Waals surface area (Å²) in [4.78, 5) is 24.7. The van der Waals surface area contributed by atoms with Gasteiger partial charge in [0.25, 0.3) is 0 Å². The van der Waals surface area contributed by atoms with Crippen LogP contribution in [-0.2, 0) is 17.6 Å². The molecule has 2 N–H and O–H groups in total. The Morgan fingerprint density at radius 1 is 1.36 bits per heavy atom. The van der Waals surface area contributed by atoms with Crippen molar-refractivity contribution in [1.29, 1.82) is 0 Å². The number of carbonyl (C=O) groups is 2. The molecular formula is C16H23NO4S. The predicted octanol–water partition coefficient (Wildman–Crippen LogP) is 3.53. The van der Waals surface area contributed by atoms with Crippen LogP contribution in [0.15, 0.2) is 0 Å². The van der Waals surface area contributed by atoms with Crippen molar-refractivity contribution in [3.05, 3.63) is 20.9 Å². The molecule has 0 bridgehead atoms. The second kappa shape index (κ2) is 5.57. The molecule has 0 aromatic carbocycles. The van der Waals surface area contributed by atoms with Gasteiger partial charge in [-0.2, -0.15) is 0 Å². The van der Waals surface area contributed by atoms with Crippen molar-refractivity contribution < 1.29 is 19.4 Å². The highest BCUT2D eigenvalue weighted by Gasteiger charge is 2.35. The second-order valence-electron chi connectivity index (χ2n) is 7.13. The van der Waals surface area contributed by atoms with Crippen molar-refractivity contribution in [1.82, 2.24) is 5.32 Å². The summed E-state index contributed by atoms with van der Waals surface area (Å²) < 4.78 is 5.32. The Kier molecular flexibility index (Phi) is 4.26. The summed E-state index contributed by atoms with van der Waals surface area (Å²) in [5.41, 5.74) is 1.07. The fraction of sp³-hybridized carbons (Fsp3) is 0.625. The van der Waals surface area contributed by atoms with E-state index >= 15 is 0 Å². The summed E-state index contributed by atoms with van der Waals surface area (Å²) in [5, 5.41) is 12.2. The zero-order chi connectivity index (χ0) is 16.7. The van der Waals surface area contributed by atoms with Crippen LogP contribution in [0.2, 0.25) is 0 Å². The fourth-order valence-electron chi connectivity index (χ4n) is 2.78. The van der Waals surface area contributed by atoms with Gasteiger partial charge in [0.1, 0.15) is 10.5 Å². The van der Waals surface area contributed by atoms with Crippen LogP contribution >= 0.6 is 11.3 Å². The topological polar surface area (TPSA) is 75.6 Å². The van der Waals surface area contributed by atoms with Crippen LogP contribution in [0.5, 0.6) is 0 Å². The number of hydrogen-bond acceptors (Lipinski definition) is 4. The van der Waals surface area contributed by atoms with E-state index in [0.29, 0.717) is 11.3 Å². The third-order valence-corrected chi connectivity index (χ3v) is 5.15. The lowest BCUT2D eigenvalue weighted by molar-refractivity contribution is 0.0455. The van der Waals surface area contributed by atoms with Crippen molar-refractivity contribution >= 4 is 23.4 Å². The van der Waals surface area contributed by atoms with E-state index in [0.717, 1.165) is 28.8 Å². The van der Waals surface area contributed by atoms with Crippen LogP contribution in [0.25, 0.3) is 0 Å². The number of thiophene rings is 1. The zero-order valence-corrected chi connectivity index (χ0v) is 14.5. The number of carboxylic acid groups (broad SMARTS) is 1. The molecule has 22 heavy (non-hydrogen) atoms. The van der Waals surface area contributed by atoms with E-state index in [1.165, 1.54) is 11.3 Å². The smallest absolute Gasteiger partial charge is 0.408 e. The maximum absolute atomic E-state index is 12.0. The summed E-state index contributed by atoms with van der Waals surface area (Å²) in [5.74, 6) is -0.876. The number of hydrogen-bond donors (Lipinski definition) is 2. The van der Waals surface area contributed by atoms with Gasteiger partial charge in [-0.15, -0.1) is 11.3 Å². The SMILES string of the molecule is Cc1c(C(=O)O)sc2c1CCC(C)(NC(=O)OC(C)(C)C)C2. The number of aromatic carboxylic acids is 1. The summed E-state index contributed by atoms with van der Waals surface area (Å²) in [6, 6.07) is 0. The Morgan fingerprint density at radius 3 is 2.55 bits per heavy atom. The van der Waals surface area contributed by atoms with Crippen LogP contribution in [0.1, 0.15) is 59.8 Å². The Hall–Kier alpha value is -1.56. The van der Waals surface area contributed by atoms with E-state index in [9.17, 15) is 14.7 Å². The lowest BCUT2D eigenvalue weighted by atomic mass is 9.82. The molecule has 0 saturated heterocycles. The number of carbonyl (C=O) groups excluding carboxylic acids is 1. The summed E-state index contributed by atoms with van der Waals surface area (Å²) in [6.07, 6.45) is 1.76. The molecule has 1 aliphatic carbocycles. The molecule has 1 aliphatic rings. The minimum atomic E-state index is -0.876. The molecule has 1 atom stereocenters. The standard InChI is InChI=1S/C16H23NO4S/c1-9-10-6-7-16(5,17-14(20)21-15(2,3)4)8-11(10)22-12(9)13(18)19/h6-8H2,1-5H3,(H,17,20)(H,18,19). The number of rotatable bonds is 2. The molecule has 0 spiro atoms. The maximum atomic E-state index is 12.0. The maximum Gasteiger partial charge on any atom is 0.408 e. The van der Waals surface area contributed by atoms with Gasteiger partial charge in [0.05, 0.1) is 0 Å². The number of ether oxygens (including phenoxy) is 1. The van der Waals surface area contributed by atoms with Crippen LogP contribution in [-0.4, -0.2) is 28.3 Å². The molecule has 0 radical (unpaired) electrons. The van der Waals surface area contributed by atoms with E-state index in [4.69, 9.17) is 4.74 Å². The lowest BCUT2D eigenvalue weighted by Gasteiger charge is -2.35. The molecule has 1 heterocycles. The van der Waals surface area contributed by atoms with Gasteiger partial charge in [-0.1, -0.05) is 0 Å². The van der Waals surface area contributed by atoms with Crippen molar-refractivity contribution in [3.63, 3.8) is 0 Å². The van der Waals surface area contributed by atoms with Gasteiger partial charge in [-0.3, -0.25) is 0 Å². The molecule has 0 fully saturated rings. The van der Waals surface area contributed by atoms with Gasteiger partial charge in [-0.05, 0) is 58.6 Å². The second-order valence-corrected chi connectivity index (χ2v) is 8.23. The molecular weight excluding hydrogens is 302 g/mol. The Morgan fingerprint density at radius 2 is 2.00 bits per heavy atom. The predicted molar refractivity (Wildman–Crippen MR) is 85.8 cm³/mol. The van der Waals surface area contributed by atoms with Crippen LogP contribution < -0.4 is 5.32 Å². The van der Waals surface area contributed by atoms with Crippen LogP contribution in [0.3, 0.4) is 0 Å². The first kappa shape index (κ1) is 16.8. The van der Waals surface area contributed by atoms with Crippen molar-refractivity contribution in [3.8, 4) is 0 Å². The molecule has 1 amide bonds. The molecule has 5 nitrogen and oxygen atoms in total. The van der Waals surface area contributed by atoms with E-state index in [-0.39, 0.29) is 0 Å². The number of nitrogens with one attached hydrogen (secondary N) is 1. The summed E-state index contributed by atoms with van der Waals surface area (Å²) >= 11 is 1.32. The van der Waals surface area contributed by atoms with E-state index in [1.807, 2.05) is 34.6 Å². The largest absolute Gasteiger partial charge is 0.477 e. The van der Waals surface area contributed by atoms with Gasteiger partial charge in [0, 0.05) is 16.8 Å². The van der Waals surface area contributed by atoms with Gasteiger partial charge in [0.15, 0.2) is 0 Å². The van der Waals surface area contributed by atoms with Crippen LogP contribution in [0, 0.1) is 6.92 Å². The van der Waals surface area contributed by atoms with Gasteiger partial charge >= 0.3 is 12.1 Å². The van der Waals surface area contributed by atoms with Gasteiger partial charge < -0.3 is 15.2 Å².